The number of nitrogens with one attached hydrogen (secondary N) is 1. The van der Waals surface area contributed by atoms with Crippen LogP contribution in [0.1, 0.15) is 49.3 Å². The molecule has 0 radical (unpaired) electrons. The van der Waals surface area contributed by atoms with Gasteiger partial charge in [0.1, 0.15) is 11.6 Å². The number of nitrogens with zero attached hydrogens (tertiary/aromatic N) is 1. The monoisotopic (exact) mass is 406 g/mol. The number of anilines is 1. The molecule has 0 aliphatic heterocycles. The second-order valence-electron chi connectivity index (χ2n) is 7.24. The van der Waals surface area contributed by atoms with Gasteiger partial charge in [-0.25, -0.2) is 0 Å². The van der Waals surface area contributed by atoms with E-state index in [0.29, 0.717) is 29.4 Å². The van der Waals surface area contributed by atoms with E-state index >= 15 is 0 Å². The molecule has 0 saturated carbocycles. The Bertz CT molecular complexity index is 942. The molecule has 0 fully saturated rings. The minimum absolute atomic E-state index is 0.0171. The standard InChI is InChI=1S/C25H30N2O3/c1-5-6-7-8-13-30-23-12-10-20(16-24(23)29-4)15-21(17-26)25(28)27-22-11-9-18(2)19(3)14-22/h9-12,14-16H,5-8,13H2,1-4H3,(H,27,28)/b21-15+. The van der Waals surface area contributed by atoms with E-state index in [1.807, 2.05) is 44.2 Å². The van der Waals surface area contributed by atoms with Gasteiger partial charge >= 0.3 is 0 Å². The Hall–Kier alpha value is -3.26. The first-order chi connectivity index (χ1) is 14.5. The number of unbranched alkanes of at least 4 members (excludes halogenated alkanes) is 3. The van der Waals surface area contributed by atoms with Crippen LogP contribution >= 0.6 is 0 Å². The number of ether oxygens (including phenoxy) is 2. The Morgan fingerprint density at radius 3 is 2.53 bits per heavy atom. The van der Waals surface area contributed by atoms with E-state index < -0.39 is 5.91 Å². The highest BCUT2D eigenvalue weighted by molar-refractivity contribution is 6.09. The van der Waals surface area contributed by atoms with Gasteiger partial charge in [0.2, 0.25) is 0 Å². The predicted molar refractivity (Wildman–Crippen MR) is 121 cm³/mol. The number of rotatable bonds is 10. The molecule has 0 atom stereocenters. The minimum Gasteiger partial charge on any atom is -0.493 e. The van der Waals surface area contributed by atoms with E-state index in [2.05, 4.69) is 12.2 Å². The van der Waals surface area contributed by atoms with E-state index in [-0.39, 0.29) is 5.57 Å². The van der Waals surface area contributed by atoms with Crippen LogP contribution in [0, 0.1) is 25.2 Å². The maximum Gasteiger partial charge on any atom is 0.266 e. The second kappa shape index (κ2) is 11.7. The molecule has 1 amide bonds. The highest BCUT2D eigenvalue weighted by Gasteiger charge is 2.12. The van der Waals surface area contributed by atoms with E-state index in [1.165, 1.54) is 12.8 Å². The molecular formula is C25H30N2O3. The third-order valence-corrected chi connectivity index (χ3v) is 4.88. The summed E-state index contributed by atoms with van der Waals surface area (Å²) in [5.74, 6) is 0.784. The van der Waals surface area contributed by atoms with Crippen LogP contribution in [0.3, 0.4) is 0 Å². The predicted octanol–water partition coefficient (Wildman–Crippen LogP) is 5.82. The molecule has 0 aliphatic carbocycles. The van der Waals surface area contributed by atoms with E-state index in [1.54, 1.807) is 25.3 Å². The molecule has 5 heteroatoms. The highest BCUT2D eigenvalue weighted by atomic mass is 16.5. The van der Waals surface area contributed by atoms with Gasteiger partial charge in [0.05, 0.1) is 13.7 Å². The summed E-state index contributed by atoms with van der Waals surface area (Å²) in [5, 5.41) is 12.2. The Labute approximate surface area is 179 Å². The lowest BCUT2D eigenvalue weighted by Crippen LogP contribution is -2.13. The van der Waals surface area contributed by atoms with Crippen molar-refractivity contribution >= 4 is 17.7 Å². The Kier molecular flexibility index (Phi) is 8.96. The van der Waals surface area contributed by atoms with Gasteiger partial charge in [-0.3, -0.25) is 4.79 Å². The zero-order valence-electron chi connectivity index (χ0n) is 18.2. The van der Waals surface area contributed by atoms with Crippen molar-refractivity contribution in [3.05, 3.63) is 58.7 Å². The van der Waals surface area contributed by atoms with Crippen molar-refractivity contribution in [3.8, 4) is 17.6 Å². The molecule has 2 aromatic carbocycles. The van der Waals surface area contributed by atoms with Gasteiger partial charge in [0.15, 0.2) is 11.5 Å². The van der Waals surface area contributed by atoms with Gasteiger partial charge in [-0.15, -0.1) is 0 Å². The van der Waals surface area contributed by atoms with Crippen LogP contribution in [0.25, 0.3) is 6.08 Å². The summed E-state index contributed by atoms with van der Waals surface area (Å²) < 4.78 is 11.2. The number of carbonyl (C=O) groups is 1. The smallest absolute Gasteiger partial charge is 0.266 e. The lowest BCUT2D eigenvalue weighted by molar-refractivity contribution is -0.112. The molecule has 1 N–H and O–H groups in total. The molecule has 0 spiro atoms. The third-order valence-electron chi connectivity index (χ3n) is 4.88. The van der Waals surface area contributed by atoms with Crippen molar-refractivity contribution < 1.29 is 14.3 Å². The molecule has 0 saturated heterocycles. The third kappa shape index (κ3) is 6.66. The number of benzene rings is 2. The number of nitriles is 1. The number of amides is 1. The molecule has 5 nitrogen and oxygen atoms in total. The minimum atomic E-state index is -0.448. The number of methoxy groups -OCH3 is 1. The number of hydrogen-bond acceptors (Lipinski definition) is 4. The Morgan fingerprint density at radius 1 is 1.07 bits per heavy atom. The first kappa shape index (κ1) is 23.0. The van der Waals surface area contributed by atoms with Crippen molar-refractivity contribution in [2.75, 3.05) is 19.0 Å². The largest absolute Gasteiger partial charge is 0.493 e. The quantitative estimate of drug-likeness (QED) is 0.307. The van der Waals surface area contributed by atoms with Gasteiger partial charge in [-0.2, -0.15) is 5.26 Å². The van der Waals surface area contributed by atoms with Crippen LogP contribution in [-0.4, -0.2) is 19.6 Å². The van der Waals surface area contributed by atoms with E-state index in [4.69, 9.17) is 9.47 Å². The molecule has 0 unspecified atom stereocenters. The van der Waals surface area contributed by atoms with Crippen molar-refractivity contribution in [2.24, 2.45) is 0 Å². The summed E-state index contributed by atoms with van der Waals surface area (Å²) in [6, 6.07) is 13.0. The second-order valence-corrected chi connectivity index (χ2v) is 7.24. The van der Waals surface area contributed by atoms with Gasteiger partial charge in [-0.05, 0) is 67.3 Å². The fraction of sp³-hybridized carbons (Fsp3) is 0.360. The zero-order valence-corrected chi connectivity index (χ0v) is 18.2. The van der Waals surface area contributed by atoms with Crippen LogP contribution in [0.4, 0.5) is 5.69 Å². The van der Waals surface area contributed by atoms with Crippen molar-refractivity contribution in [3.63, 3.8) is 0 Å². The summed E-state index contributed by atoms with van der Waals surface area (Å²) in [5.41, 5.74) is 3.59. The molecule has 0 heterocycles. The van der Waals surface area contributed by atoms with Gasteiger partial charge in [0, 0.05) is 5.69 Å². The summed E-state index contributed by atoms with van der Waals surface area (Å²) in [6.45, 7) is 6.79. The SMILES string of the molecule is CCCCCCOc1ccc(/C=C(\C#N)C(=O)Nc2ccc(C)c(C)c2)cc1OC. The topological polar surface area (TPSA) is 71.3 Å². The van der Waals surface area contributed by atoms with Gasteiger partial charge in [-0.1, -0.05) is 38.3 Å². The summed E-state index contributed by atoms with van der Waals surface area (Å²) >= 11 is 0. The van der Waals surface area contributed by atoms with E-state index in [9.17, 15) is 10.1 Å². The average molecular weight is 407 g/mol. The molecule has 2 aromatic rings. The lowest BCUT2D eigenvalue weighted by Gasteiger charge is -2.11. The Morgan fingerprint density at radius 2 is 1.87 bits per heavy atom. The van der Waals surface area contributed by atoms with Crippen molar-refractivity contribution in [1.82, 2.24) is 0 Å². The lowest BCUT2D eigenvalue weighted by atomic mass is 10.1. The van der Waals surface area contributed by atoms with Gasteiger partial charge < -0.3 is 14.8 Å². The fourth-order valence-electron chi connectivity index (χ4n) is 2.94. The Balaban J connectivity index is 2.11. The molecule has 158 valence electrons. The van der Waals surface area contributed by atoms with Crippen LogP contribution in [0.15, 0.2) is 42.0 Å². The molecule has 0 bridgehead atoms. The maximum absolute atomic E-state index is 12.5. The first-order valence-corrected chi connectivity index (χ1v) is 10.3. The fourth-order valence-corrected chi connectivity index (χ4v) is 2.94. The molecular weight excluding hydrogens is 376 g/mol. The first-order valence-electron chi connectivity index (χ1n) is 10.3. The van der Waals surface area contributed by atoms with Crippen molar-refractivity contribution in [2.45, 2.75) is 46.5 Å². The van der Waals surface area contributed by atoms with Crippen LogP contribution in [-0.2, 0) is 4.79 Å². The molecule has 2 rings (SSSR count). The van der Waals surface area contributed by atoms with Gasteiger partial charge in [0.25, 0.3) is 5.91 Å². The number of aryl methyl sites for hydroxylation is 2. The summed E-state index contributed by atoms with van der Waals surface area (Å²) in [7, 11) is 1.57. The average Bonchev–Trinajstić information content (AvgIpc) is 2.74. The molecule has 30 heavy (non-hydrogen) atoms. The summed E-state index contributed by atoms with van der Waals surface area (Å²) in [4.78, 5) is 12.5. The van der Waals surface area contributed by atoms with Crippen LogP contribution in [0.2, 0.25) is 0 Å². The van der Waals surface area contributed by atoms with Crippen molar-refractivity contribution in [1.29, 1.82) is 5.26 Å². The maximum atomic E-state index is 12.5. The molecule has 0 aliphatic rings. The highest BCUT2D eigenvalue weighted by Crippen LogP contribution is 2.29. The zero-order chi connectivity index (χ0) is 21.9. The normalized spacial score (nSPS) is 11.0. The number of hydrogen-bond donors (Lipinski definition) is 1. The van der Waals surface area contributed by atoms with Crippen LogP contribution < -0.4 is 14.8 Å². The molecule has 0 aromatic heterocycles. The van der Waals surface area contributed by atoms with Crippen LogP contribution in [0.5, 0.6) is 11.5 Å². The number of carbonyl (C=O) groups excluding carboxylic acids is 1. The summed E-state index contributed by atoms with van der Waals surface area (Å²) in [6.07, 6.45) is 6.06. The van der Waals surface area contributed by atoms with E-state index in [0.717, 1.165) is 24.0 Å².